The Labute approximate surface area is 103 Å². The molecule has 0 aromatic heterocycles. The second kappa shape index (κ2) is 5.17. The monoisotopic (exact) mass is 229 g/mol. The largest absolute Gasteiger partial charge is 0.388 e. The molecule has 2 nitrogen and oxygen atoms in total. The molecule has 0 amide bonds. The summed E-state index contributed by atoms with van der Waals surface area (Å²) in [4.78, 5) is 11.7. The molecule has 0 atom stereocenters. The van der Waals surface area contributed by atoms with Gasteiger partial charge >= 0.3 is 0 Å². The van der Waals surface area contributed by atoms with E-state index in [1.807, 2.05) is 37.3 Å². The number of hydrogen-bond acceptors (Lipinski definition) is 2. The first kappa shape index (κ1) is 11.9. The van der Waals surface area contributed by atoms with Crippen LogP contribution in [0, 0.1) is 5.92 Å². The minimum Gasteiger partial charge on any atom is -0.388 e. The van der Waals surface area contributed by atoms with Gasteiger partial charge in [-0.25, -0.2) is 0 Å². The zero-order valence-electron chi connectivity index (χ0n) is 10.5. The van der Waals surface area contributed by atoms with Crippen molar-refractivity contribution in [1.82, 2.24) is 5.32 Å². The number of Topliss-reactive ketones (excluding diaryl/α,β-unsaturated/α-hetero) is 1. The van der Waals surface area contributed by atoms with Gasteiger partial charge in [-0.05, 0) is 38.2 Å². The van der Waals surface area contributed by atoms with E-state index in [-0.39, 0.29) is 5.78 Å². The molecular formula is C15H19NO. The molecule has 1 aromatic carbocycles. The highest BCUT2D eigenvalue weighted by atomic mass is 16.1. The lowest BCUT2D eigenvalue weighted by Crippen LogP contribution is -2.17. The SMILES string of the molecule is CC(=O)/C(=C(/C)NCC1CC1)c1ccccc1. The Morgan fingerprint density at radius 1 is 1.24 bits per heavy atom. The van der Waals surface area contributed by atoms with Crippen LogP contribution in [0.2, 0.25) is 0 Å². The van der Waals surface area contributed by atoms with E-state index in [0.29, 0.717) is 0 Å². The van der Waals surface area contributed by atoms with E-state index in [4.69, 9.17) is 0 Å². The van der Waals surface area contributed by atoms with Gasteiger partial charge in [-0.3, -0.25) is 4.79 Å². The fourth-order valence-corrected chi connectivity index (χ4v) is 2.00. The van der Waals surface area contributed by atoms with Crippen LogP contribution in [0.4, 0.5) is 0 Å². The van der Waals surface area contributed by atoms with Crippen LogP contribution in [0.1, 0.15) is 32.3 Å². The van der Waals surface area contributed by atoms with Gasteiger partial charge in [0.1, 0.15) is 0 Å². The second-order valence-corrected chi connectivity index (χ2v) is 4.75. The molecule has 0 spiro atoms. The topological polar surface area (TPSA) is 29.1 Å². The van der Waals surface area contributed by atoms with Crippen LogP contribution in [0.5, 0.6) is 0 Å². The average molecular weight is 229 g/mol. The highest BCUT2D eigenvalue weighted by Gasteiger charge is 2.21. The lowest BCUT2D eigenvalue weighted by atomic mass is 10.0. The number of nitrogens with one attached hydrogen (secondary N) is 1. The molecule has 0 aliphatic heterocycles. The Kier molecular flexibility index (Phi) is 3.62. The van der Waals surface area contributed by atoms with Crippen molar-refractivity contribution in [1.29, 1.82) is 0 Å². The predicted octanol–water partition coefficient (Wildman–Crippen LogP) is 3.01. The molecule has 2 rings (SSSR count). The van der Waals surface area contributed by atoms with E-state index in [1.165, 1.54) is 12.8 Å². The van der Waals surface area contributed by atoms with E-state index in [9.17, 15) is 4.79 Å². The van der Waals surface area contributed by atoms with Crippen molar-refractivity contribution in [2.75, 3.05) is 6.54 Å². The number of allylic oxidation sites excluding steroid dienone is 2. The predicted molar refractivity (Wildman–Crippen MR) is 70.4 cm³/mol. The molecule has 1 aliphatic rings. The zero-order valence-corrected chi connectivity index (χ0v) is 10.5. The number of ketones is 1. The summed E-state index contributed by atoms with van der Waals surface area (Å²) in [7, 11) is 0. The summed E-state index contributed by atoms with van der Waals surface area (Å²) >= 11 is 0. The summed E-state index contributed by atoms with van der Waals surface area (Å²) < 4.78 is 0. The van der Waals surface area contributed by atoms with E-state index in [1.54, 1.807) is 6.92 Å². The first-order valence-electron chi connectivity index (χ1n) is 6.19. The fourth-order valence-electron chi connectivity index (χ4n) is 2.00. The Morgan fingerprint density at radius 2 is 1.88 bits per heavy atom. The van der Waals surface area contributed by atoms with Crippen LogP contribution >= 0.6 is 0 Å². The third-order valence-corrected chi connectivity index (χ3v) is 3.14. The first-order chi connectivity index (χ1) is 8.18. The summed E-state index contributed by atoms with van der Waals surface area (Å²) in [5.41, 5.74) is 2.81. The lowest BCUT2D eigenvalue weighted by molar-refractivity contribution is -0.111. The van der Waals surface area contributed by atoms with Crippen LogP contribution in [-0.2, 0) is 4.79 Å². The number of benzene rings is 1. The fraction of sp³-hybridized carbons (Fsp3) is 0.400. The van der Waals surface area contributed by atoms with Gasteiger partial charge in [0.05, 0.1) is 0 Å². The van der Waals surface area contributed by atoms with Crippen LogP contribution < -0.4 is 5.32 Å². The quantitative estimate of drug-likeness (QED) is 0.786. The van der Waals surface area contributed by atoms with Gasteiger partial charge in [0, 0.05) is 17.8 Å². The Morgan fingerprint density at radius 3 is 2.41 bits per heavy atom. The van der Waals surface area contributed by atoms with Crippen LogP contribution in [0.3, 0.4) is 0 Å². The van der Waals surface area contributed by atoms with E-state index in [0.717, 1.165) is 29.3 Å². The number of carbonyl (C=O) groups is 1. The molecule has 0 radical (unpaired) electrons. The minimum atomic E-state index is 0.122. The van der Waals surface area contributed by atoms with Gasteiger partial charge in [0.25, 0.3) is 0 Å². The highest BCUT2D eigenvalue weighted by molar-refractivity contribution is 6.20. The van der Waals surface area contributed by atoms with Gasteiger partial charge < -0.3 is 5.32 Å². The van der Waals surface area contributed by atoms with Crippen LogP contribution in [-0.4, -0.2) is 12.3 Å². The Bertz CT molecular complexity index is 429. The summed E-state index contributed by atoms with van der Waals surface area (Å²) in [5, 5.41) is 3.38. The molecule has 0 heterocycles. The smallest absolute Gasteiger partial charge is 0.162 e. The van der Waals surface area contributed by atoms with Crippen LogP contribution in [0.15, 0.2) is 36.0 Å². The Hall–Kier alpha value is -1.57. The van der Waals surface area contributed by atoms with Gasteiger partial charge in [0.2, 0.25) is 0 Å². The summed E-state index contributed by atoms with van der Waals surface area (Å²) in [6.45, 7) is 4.62. The molecule has 0 saturated heterocycles. The standard InChI is InChI=1S/C15H19NO/c1-11(16-10-13-8-9-13)15(12(2)17)14-6-4-3-5-7-14/h3-7,13,16H,8-10H2,1-2H3/b15-11+. The molecule has 1 N–H and O–H groups in total. The van der Waals surface area contributed by atoms with Crippen LogP contribution in [0.25, 0.3) is 5.57 Å². The van der Waals surface area contributed by atoms with Gasteiger partial charge in [0.15, 0.2) is 5.78 Å². The molecule has 0 unspecified atom stereocenters. The van der Waals surface area contributed by atoms with Crippen molar-refractivity contribution < 1.29 is 4.79 Å². The number of rotatable bonds is 5. The lowest BCUT2D eigenvalue weighted by Gasteiger charge is -2.12. The normalized spacial score (nSPS) is 16.4. The number of carbonyl (C=O) groups excluding carboxylic acids is 1. The molecule has 17 heavy (non-hydrogen) atoms. The molecule has 0 bridgehead atoms. The second-order valence-electron chi connectivity index (χ2n) is 4.75. The van der Waals surface area contributed by atoms with E-state index >= 15 is 0 Å². The third kappa shape index (κ3) is 3.19. The highest BCUT2D eigenvalue weighted by Crippen LogP contribution is 2.28. The average Bonchev–Trinajstić information content (AvgIpc) is 3.11. The third-order valence-electron chi connectivity index (χ3n) is 3.14. The molecule has 1 aromatic rings. The maximum Gasteiger partial charge on any atom is 0.162 e. The molecular weight excluding hydrogens is 210 g/mol. The van der Waals surface area contributed by atoms with Gasteiger partial charge in [-0.1, -0.05) is 30.3 Å². The van der Waals surface area contributed by atoms with Crippen molar-refractivity contribution >= 4 is 11.4 Å². The van der Waals surface area contributed by atoms with Gasteiger partial charge in [-0.15, -0.1) is 0 Å². The molecule has 90 valence electrons. The number of hydrogen-bond donors (Lipinski definition) is 1. The first-order valence-corrected chi connectivity index (χ1v) is 6.19. The molecule has 1 saturated carbocycles. The minimum absolute atomic E-state index is 0.122. The Balaban J connectivity index is 2.20. The zero-order chi connectivity index (χ0) is 12.3. The molecule has 1 aliphatic carbocycles. The summed E-state index contributed by atoms with van der Waals surface area (Å²) in [6, 6.07) is 9.87. The molecule has 2 heteroatoms. The van der Waals surface area contributed by atoms with Crippen molar-refractivity contribution in [3.8, 4) is 0 Å². The summed E-state index contributed by atoms with van der Waals surface area (Å²) in [6.07, 6.45) is 2.64. The van der Waals surface area contributed by atoms with Crippen molar-refractivity contribution in [2.24, 2.45) is 5.92 Å². The van der Waals surface area contributed by atoms with Crippen molar-refractivity contribution in [3.63, 3.8) is 0 Å². The van der Waals surface area contributed by atoms with Gasteiger partial charge in [-0.2, -0.15) is 0 Å². The van der Waals surface area contributed by atoms with E-state index in [2.05, 4.69) is 5.32 Å². The summed E-state index contributed by atoms with van der Waals surface area (Å²) in [5.74, 6) is 0.936. The van der Waals surface area contributed by atoms with Crippen molar-refractivity contribution in [3.05, 3.63) is 41.6 Å². The molecule has 1 fully saturated rings. The maximum atomic E-state index is 11.7. The van der Waals surface area contributed by atoms with Crippen molar-refractivity contribution in [2.45, 2.75) is 26.7 Å². The maximum absolute atomic E-state index is 11.7. The van der Waals surface area contributed by atoms with E-state index < -0.39 is 0 Å².